The van der Waals surface area contributed by atoms with Crippen LogP contribution in [0.3, 0.4) is 0 Å². The molecule has 1 aliphatic heterocycles. The largest absolute Gasteiger partial charge is 0.482 e. The van der Waals surface area contributed by atoms with Crippen LogP contribution in [0.1, 0.15) is 121 Å². The van der Waals surface area contributed by atoms with E-state index >= 15 is 0 Å². The lowest BCUT2D eigenvalue weighted by molar-refractivity contribution is 0.0901. The summed E-state index contributed by atoms with van der Waals surface area (Å²) in [6.45, 7) is 11.9. The van der Waals surface area contributed by atoms with Crippen molar-refractivity contribution in [3.63, 3.8) is 0 Å². The van der Waals surface area contributed by atoms with E-state index in [0.29, 0.717) is 54.3 Å². The number of fused-ring (bicyclic) bond motifs is 11. The number of allylic oxidation sites excluding steroid dienone is 6. The molecule has 9 nitrogen and oxygen atoms in total. The van der Waals surface area contributed by atoms with E-state index in [2.05, 4.69) is 38.1 Å². The second kappa shape index (κ2) is 16.5. The third-order valence-corrected chi connectivity index (χ3v) is 22.5. The highest BCUT2D eigenvalue weighted by molar-refractivity contribution is 7.31. The fraction of sp³-hybridized carbons (Fsp3) is 0.148. The molecule has 76 heavy (non-hydrogen) atoms. The van der Waals surface area contributed by atoms with Crippen molar-refractivity contribution in [3.8, 4) is 78.8 Å². The summed E-state index contributed by atoms with van der Waals surface area (Å²) >= 11 is 9.45. The number of Topliss-reactive ketones (excluding diaryl/α,β-unsaturated/α-hetero) is 4. The van der Waals surface area contributed by atoms with Crippen LogP contribution in [-0.2, 0) is 16.4 Å². The lowest BCUT2D eigenvalue weighted by Gasteiger charge is -2.31. The number of ether oxygens (including phenoxy) is 1. The highest BCUT2D eigenvalue weighted by Crippen LogP contribution is 2.60. The SMILES string of the molecule is CC1(C)Oc2cc(-c3cc4c(s3)-c3sc(/C=C5\C(=O)c6ccccc6C5=C(C#N)C#N)cc3C(=O)C4(C)C)sc2-c2sc(-c3cc4c(s3)-c3sc(/C=C5\C(=O)c6ccccc6C5=C(C#N)C#N)cc3C(=O)C4(C)C)cc21. The molecular weight excluding hydrogens is 1060 g/mol. The minimum Gasteiger partial charge on any atom is -0.482 e. The van der Waals surface area contributed by atoms with Gasteiger partial charge >= 0.3 is 0 Å². The minimum atomic E-state index is -0.850. The van der Waals surface area contributed by atoms with Gasteiger partial charge in [0.15, 0.2) is 23.1 Å². The number of hydrogen-bond donors (Lipinski definition) is 0. The van der Waals surface area contributed by atoms with E-state index in [1.54, 1.807) is 106 Å². The Bertz CT molecular complexity index is 4400. The van der Waals surface area contributed by atoms with E-state index in [1.165, 1.54) is 22.7 Å². The molecular formula is C61H34N4O5S6. The first-order valence-corrected chi connectivity index (χ1v) is 28.7. The van der Waals surface area contributed by atoms with Crippen LogP contribution < -0.4 is 4.74 Å². The zero-order chi connectivity index (χ0) is 53.1. The predicted octanol–water partition coefficient (Wildman–Crippen LogP) is 16.1. The molecule has 8 aromatic rings. The molecule has 13 rings (SSSR count). The molecule has 0 amide bonds. The zero-order valence-corrected chi connectivity index (χ0v) is 45.9. The van der Waals surface area contributed by atoms with E-state index in [1.807, 2.05) is 64.1 Å². The Morgan fingerprint density at radius 1 is 0.447 bits per heavy atom. The van der Waals surface area contributed by atoms with Gasteiger partial charge in [0.05, 0.1) is 30.3 Å². The fourth-order valence-corrected chi connectivity index (χ4v) is 18.8. The summed E-state index contributed by atoms with van der Waals surface area (Å²) in [5, 5.41) is 39.6. The van der Waals surface area contributed by atoms with Gasteiger partial charge < -0.3 is 4.74 Å². The number of ketones is 4. The Morgan fingerprint density at radius 2 is 0.816 bits per heavy atom. The molecule has 0 fully saturated rings. The number of carbonyl (C=O) groups is 4. The molecule has 0 saturated heterocycles. The molecule has 0 atom stereocenters. The number of benzene rings is 2. The van der Waals surface area contributed by atoms with E-state index in [-0.39, 0.29) is 45.4 Å². The molecule has 364 valence electrons. The number of nitriles is 4. The molecule has 0 saturated carbocycles. The first-order valence-electron chi connectivity index (χ1n) is 23.8. The number of hydrogen-bond acceptors (Lipinski definition) is 15. The Balaban J connectivity index is 0.860. The van der Waals surface area contributed by atoms with Crippen molar-refractivity contribution in [2.45, 2.75) is 58.0 Å². The van der Waals surface area contributed by atoms with Gasteiger partial charge in [0.2, 0.25) is 0 Å². The van der Waals surface area contributed by atoms with Gasteiger partial charge in [-0.1, -0.05) is 48.5 Å². The molecule has 7 heterocycles. The lowest BCUT2D eigenvalue weighted by atomic mass is 9.74. The minimum absolute atomic E-state index is 0.0244. The number of rotatable bonds is 4. The monoisotopic (exact) mass is 1090 g/mol. The van der Waals surface area contributed by atoms with Crippen molar-refractivity contribution >= 4 is 114 Å². The average Bonchev–Trinajstić information content (AvgIpc) is 4.28. The highest BCUT2D eigenvalue weighted by Gasteiger charge is 2.45. The maximum atomic E-state index is 14.4. The Kier molecular flexibility index (Phi) is 10.4. The molecule has 15 heteroatoms. The van der Waals surface area contributed by atoms with E-state index in [9.17, 15) is 40.2 Å². The molecule has 6 aromatic heterocycles. The smallest absolute Gasteiger partial charge is 0.194 e. The van der Waals surface area contributed by atoms with Crippen molar-refractivity contribution in [2.24, 2.45) is 0 Å². The third-order valence-electron chi connectivity index (χ3n) is 14.9. The van der Waals surface area contributed by atoms with Gasteiger partial charge in [0.1, 0.15) is 46.8 Å². The van der Waals surface area contributed by atoms with Gasteiger partial charge in [0.25, 0.3) is 0 Å². The molecule has 0 spiro atoms. The maximum absolute atomic E-state index is 14.4. The average molecular weight is 1100 g/mol. The number of nitrogens with zero attached hydrogens (tertiary/aromatic N) is 4. The maximum Gasteiger partial charge on any atom is 0.194 e. The Hall–Kier alpha value is -7.96. The summed E-state index contributed by atoms with van der Waals surface area (Å²) in [5.41, 5.74) is 4.47. The highest BCUT2D eigenvalue weighted by atomic mass is 32.1. The van der Waals surface area contributed by atoms with Crippen LogP contribution >= 0.6 is 68.0 Å². The van der Waals surface area contributed by atoms with Gasteiger partial charge in [-0.15, -0.1) is 68.0 Å². The summed E-state index contributed by atoms with van der Waals surface area (Å²) in [4.78, 5) is 67.5. The number of thiophene rings is 6. The third kappa shape index (κ3) is 6.64. The standard InChI is InChI=1S/C61H34N4O5S6/c1-59(2)39-19-43(73-53(39)51-37(57(59)68)17-29(71-51)15-35-47(27(23-62)24-63)31-11-7-9-13-33(31)49(35)66)45-21-41-55(75-45)56-42(70-61(41,5)6)22-46(76-56)44-20-40-54(74-44)52-38(58(69)60(40,3)4)18-30(72-52)16-36-48(28(25-64)26-65)32-12-8-10-14-34(32)50(36)67/h7-22H,1-6H3/b35-15-,36-16-. The normalized spacial score (nSPS) is 17.6. The fourth-order valence-electron chi connectivity index (χ4n) is 11.0. The van der Waals surface area contributed by atoms with Crippen LogP contribution in [-0.4, -0.2) is 23.1 Å². The van der Waals surface area contributed by atoms with Gasteiger partial charge in [-0.05, 0) is 106 Å². The van der Waals surface area contributed by atoms with Crippen molar-refractivity contribution in [2.75, 3.05) is 0 Å². The van der Waals surface area contributed by atoms with E-state index < -0.39 is 16.4 Å². The Labute approximate surface area is 459 Å². The molecule has 5 aliphatic rings. The molecule has 0 unspecified atom stereocenters. The zero-order valence-electron chi connectivity index (χ0n) is 41.0. The van der Waals surface area contributed by atoms with Crippen molar-refractivity contribution < 1.29 is 23.9 Å². The summed E-state index contributed by atoms with van der Waals surface area (Å²) in [6, 6.07) is 34.1. The van der Waals surface area contributed by atoms with Crippen molar-refractivity contribution in [1.82, 2.24) is 0 Å². The van der Waals surface area contributed by atoms with Crippen molar-refractivity contribution in [1.29, 1.82) is 21.0 Å². The topological polar surface area (TPSA) is 173 Å². The van der Waals surface area contributed by atoms with Crippen LogP contribution in [0.25, 0.3) is 72.1 Å². The van der Waals surface area contributed by atoms with Gasteiger partial charge in [-0.25, -0.2) is 0 Å². The summed E-state index contributed by atoms with van der Waals surface area (Å²) in [7, 11) is 0. The van der Waals surface area contributed by atoms with Gasteiger partial charge in [-0.3, -0.25) is 19.2 Å². The van der Waals surface area contributed by atoms with Crippen LogP contribution in [0.15, 0.2) is 107 Å². The van der Waals surface area contributed by atoms with Gasteiger partial charge in [-0.2, -0.15) is 21.0 Å². The van der Waals surface area contributed by atoms with Gasteiger partial charge in [0, 0.05) is 95.2 Å². The predicted molar refractivity (Wildman–Crippen MR) is 303 cm³/mol. The van der Waals surface area contributed by atoms with Crippen LogP contribution in [0.4, 0.5) is 0 Å². The van der Waals surface area contributed by atoms with E-state index in [0.717, 1.165) is 71.2 Å². The summed E-state index contributed by atoms with van der Waals surface area (Å²) < 4.78 is 6.83. The number of carbonyl (C=O) groups excluding carboxylic acids is 4. The summed E-state index contributed by atoms with van der Waals surface area (Å²) in [6.07, 6.45) is 3.43. The molecule has 0 radical (unpaired) electrons. The molecule has 4 aliphatic carbocycles. The van der Waals surface area contributed by atoms with Crippen molar-refractivity contribution in [3.05, 3.63) is 167 Å². The molecule has 0 N–H and O–H groups in total. The van der Waals surface area contributed by atoms with Crippen LogP contribution in [0.2, 0.25) is 0 Å². The Morgan fingerprint density at radius 3 is 1.24 bits per heavy atom. The first kappa shape index (κ1) is 47.7. The lowest BCUT2D eigenvalue weighted by Crippen LogP contribution is -2.31. The van der Waals surface area contributed by atoms with E-state index in [4.69, 9.17) is 4.74 Å². The summed E-state index contributed by atoms with van der Waals surface area (Å²) in [5.74, 6) is 0.177. The molecule has 2 aromatic carbocycles. The second-order valence-corrected chi connectivity index (χ2v) is 26.9. The quantitative estimate of drug-likeness (QED) is 0.123. The second-order valence-electron chi connectivity index (χ2n) is 20.5. The van der Waals surface area contributed by atoms with Crippen LogP contribution in [0, 0.1) is 45.3 Å². The first-order chi connectivity index (χ1) is 36.4. The molecule has 0 bridgehead atoms. The van der Waals surface area contributed by atoms with Crippen LogP contribution in [0.5, 0.6) is 5.75 Å².